The minimum atomic E-state index is 0.336. The van der Waals surface area contributed by atoms with Crippen molar-refractivity contribution in [2.45, 2.75) is 26.0 Å². The summed E-state index contributed by atoms with van der Waals surface area (Å²) in [7, 11) is 1.80. The highest BCUT2D eigenvalue weighted by Gasteiger charge is 2.26. The quantitative estimate of drug-likeness (QED) is 0.872. The van der Waals surface area contributed by atoms with Crippen molar-refractivity contribution in [1.29, 1.82) is 0 Å². The van der Waals surface area contributed by atoms with Crippen LogP contribution in [0.15, 0.2) is 22.7 Å². The number of nitrogen functional groups attached to an aromatic ring is 1. The van der Waals surface area contributed by atoms with Gasteiger partial charge in [-0.15, -0.1) is 0 Å². The summed E-state index contributed by atoms with van der Waals surface area (Å²) in [5.74, 6) is 0.641. The Morgan fingerprint density at radius 3 is 2.94 bits per heavy atom. The van der Waals surface area contributed by atoms with Crippen molar-refractivity contribution in [2.75, 3.05) is 25.9 Å². The first-order chi connectivity index (χ1) is 8.61. The second kappa shape index (κ2) is 6.04. The van der Waals surface area contributed by atoms with Gasteiger partial charge in [0.05, 0.1) is 6.10 Å². The third-order valence-electron chi connectivity index (χ3n) is 3.81. The monoisotopic (exact) mass is 312 g/mol. The van der Waals surface area contributed by atoms with Crippen molar-refractivity contribution in [2.24, 2.45) is 5.92 Å². The topological polar surface area (TPSA) is 38.5 Å². The summed E-state index contributed by atoms with van der Waals surface area (Å²) in [6, 6.07) is 5.98. The fraction of sp³-hybridized carbons (Fsp3) is 0.571. The third kappa shape index (κ3) is 3.05. The Bertz CT molecular complexity index is 391. The van der Waals surface area contributed by atoms with Gasteiger partial charge < -0.3 is 10.5 Å². The van der Waals surface area contributed by atoms with E-state index >= 15 is 0 Å². The van der Waals surface area contributed by atoms with Crippen LogP contribution in [0.4, 0.5) is 5.69 Å². The van der Waals surface area contributed by atoms with E-state index in [2.05, 4.69) is 27.8 Å². The summed E-state index contributed by atoms with van der Waals surface area (Å²) in [5, 5.41) is 0. The molecule has 1 aromatic carbocycles. The Morgan fingerprint density at radius 2 is 2.28 bits per heavy atom. The molecule has 1 saturated heterocycles. The lowest BCUT2D eigenvalue weighted by Gasteiger charge is -2.36. The molecule has 2 rings (SSSR count). The zero-order chi connectivity index (χ0) is 13.1. The van der Waals surface area contributed by atoms with Gasteiger partial charge in [0.1, 0.15) is 0 Å². The molecule has 0 aliphatic carbocycles. The number of methoxy groups -OCH3 is 1. The predicted octanol–water partition coefficient (Wildman–Crippen LogP) is 2.89. The van der Waals surface area contributed by atoms with Crippen LogP contribution in [0.1, 0.15) is 18.9 Å². The van der Waals surface area contributed by atoms with Gasteiger partial charge in [0.25, 0.3) is 0 Å². The summed E-state index contributed by atoms with van der Waals surface area (Å²) in [4.78, 5) is 2.42. The van der Waals surface area contributed by atoms with Gasteiger partial charge in [-0.3, -0.25) is 4.90 Å². The molecule has 18 heavy (non-hydrogen) atoms. The first-order valence-corrected chi connectivity index (χ1v) is 7.19. The van der Waals surface area contributed by atoms with Crippen LogP contribution < -0.4 is 5.73 Å². The van der Waals surface area contributed by atoms with Gasteiger partial charge in [-0.2, -0.15) is 0 Å². The molecule has 1 heterocycles. The van der Waals surface area contributed by atoms with E-state index < -0.39 is 0 Å². The highest BCUT2D eigenvalue weighted by Crippen LogP contribution is 2.27. The number of piperidine rings is 1. The van der Waals surface area contributed by atoms with Gasteiger partial charge in [-0.1, -0.05) is 28.9 Å². The first kappa shape index (κ1) is 13.8. The number of hydrogen-bond acceptors (Lipinski definition) is 3. The zero-order valence-corrected chi connectivity index (χ0v) is 12.6. The Labute approximate surface area is 117 Å². The number of benzene rings is 1. The summed E-state index contributed by atoms with van der Waals surface area (Å²) in [5.41, 5.74) is 8.09. The van der Waals surface area contributed by atoms with Crippen molar-refractivity contribution in [1.82, 2.24) is 4.90 Å². The minimum Gasteiger partial charge on any atom is -0.398 e. The Morgan fingerprint density at radius 1 is 1.50 bits per heavy atom. The van der Waals surface area contributed by atoms with Crippen molar-refractivity contribution in [3.8, 4) is 0 Å². The molecule has 0 bridgehead atoms. The zero-order valence-electron chi connectivity index (χ0n) is 11.0. The summed E-state index contributed by atoms with van der Waals surface area (Å²) >= 11 is 3.58. The van der Waals surface area contributed by atoms with Crippen LogP contribution in [0.2, 0.25) is 0 Å². The van der Waals surface area contributed by atoms with E-state index in [-0.39, 0.29) is 0 Å². The molecule has 0 spiro atoms. The fourth-order valence-electron chi connectivity index (χ4n) is 2.51. The van der Waals surface area contributed by atoms with Crippen LogP contribution in [0.25, 0.3) is 0 Å². The van der Waals surface area contributed by atoms with Gasteiger partial charge >= 0.3 is 0 Å². The van der Waals surface area contributed by atoms with Crippen molar-refractivity contribution in [3.05, 3.63) is 28.2 Å². The molecular weight excluding hydrogens is 292 g/mol. The van der Waals surface area contributed by atoms with Crippen molar-refractivity contribution >= 4 is 21.6 Å². The summed E-state index contributed by atoms with van der Waals surface area (Å²) in [6.07, 6.45) is 1.52. The van der Waals surface area contributed by atoms with E-state index in [1.54, 1.807) is 7.11 Å². The first-order valence-electron chi connectivity index (χ1n) is 6.40. The van der Waals surface area contributed by atoms with Crippen LogP contribution in [0.3, 0.4) is 0 Å². The number of rotatable bonds is 3. The number of anilines is 1. The number of hydrogen-bond donors (Lipinski definition) is 1. The maximum absolute atomic E-state index is 6.05. The van der Waals surface area contributed by atoms with E-state index in [9.17, 15) is 0 Å². The van der Waals surface area contributed by atoms with E-state index in [1.165, 1.54) is 12.0 Å². The molecule has 2 unspecified atom stereocenters. The molecule has 0 radical (unpaired) electrons. The minimum absolute atomic E-state index is 0.336. The second-order valence-electron chi connectivity index (χ2n) is 5.08. The van der Waals surface area contributed by atoms with E-state index in [0.717, 1.165) is 29.8 Å². The number of nitrogens with zero attached hydrogens (tertiary/aromatic N) is 1. The van der Waals surface area contributed by atoms with E-state index in [4.69, 9.17) is 10.5 Å². The number of likely N-dealkylation sites (tertiary alicyclic amines) is 1. The molecule has 2 N–H and O–H groups in total. The Kier molecular flexibility index (Phi) is 4.65. The van der Waals surface area contributed by atoms with Crippen molar-refractivity contribution in [3.63, 3.8) is 0 Å². The SMILES string of the molecule is COC1CN(Cc2c(N)cccc2Br)CCC1C. The van der Waals surface area contributed by atoms with E-state index in [0.29, 0.717) is 12.0 Å². The fourth-order valence-corrected chi connectivity index (χ4v) is 3.02. The normalized spacial score (nSPS) is 25.3. The van der Waals surface area contributed by atoms with Crippen LogP contribution in [0, 0.1) is 5.92 Å². The predicted molar refractivity (Wildman–Crippen MR) is 78.4 cm³/mol. The standard InChI is InChI=1S/C14H21BrN2O/c1-10-6-7-17(9-14(10)18-2)8-11-12(15)4-3-5-13(11)16/h3-5,10,14H,6-9,16H2,1-2H3. The lowest BCUT2D eigenvalue weighted by Crippen LogP contribution is -2.43. The van der Waals surface area contributed by atoms with Crippen LogP contribution in [0.5, 0.6) is 0 Å². The Hall–Kier alpha value is -0.580. The highest BCUT2D eigenvalue weighted by molar-refractivity contribution is 9.10. The number of halogens is 1. The van der Waals surface area contributed by atoms with Gasteiger partial charge in [-0.25, -0.2) is 0 Å². The molecule has 1 aliphatic heterocycles. The number of nitrogens with two attached hydrogens (primary N) is 1. The molecule has 100 valence electrons. The lowest BCUT2D eigenvalue weighted by atomic mass is 9.95. The maximum atomic E-state index is 6.05. The maximum Gasteiger partial charge on any atom is 0.0724 e. The van der Waals surface area contributed by atoms with Crippen molar-refractivity contribution < 1.29 is 4.74 Å². The Balaban J connectivity index is 2.06. The van der Waals surface area contributed by atoms with E-state index in [1.807, 2.05) is 18.2 Å². The molecule has 1 aliphatic rings. The lowest BCUT2D eigenvalue weighted by molar-refractivity contribution is -0.00744. The van der Waals surface area contributed by atoms with Gasteiger partial charge in [0.2, 0.25) is 0 Å². The van der Waals surface area contributed by atoms with Crippen LogP contribution >= 0.6 is 15.9 Å². The molecule has 3 nitrogen and oxygen atoms in total. The van der Waals surface area contributed by atoms with Gasteiger partial charge in [0.15, 0.2) is 0 Å². The highest BCUT2D eigenvalue weighted by atomic mass is 79.9. The largest absolute Gasteiger partial charge is 0.398 e. The molecular formula is C14H21BrN2O. The molecule has 0 aromatic heterocycles. The molecule has 4 heteroatoms. The van der Waals surface area contributed by atoms with Crippen LogP contribution in [-0.4, -0.2) is 31.2 Å². The summed E-state index contributed by atoms with van der Waals surface area (Å²) < 4.78 is 6.64. The van der Waals surface area contributed by atoms with Gasteiger partial charge in [0, 0.05) is 35.9 Å². The number of ether oxygens (including phenoxy) is 1. The summed E-state index contributed by atoms with van der Waals surface area (Å²) in [6.45, 7) is 5.25. The molecule has 2 atom stereocenters. The van der Waals surface area contributed by atoms with Crippen LogP contribution in [-0.2, 0) is 11.3 Å². The molecule has 0 saturated carbocycles. The average molecular weight is 313 g/mol. The molecule has 1 fully saturated rings. The average Bonchev–Trinajstić information content (AvgIpc) is 2.36. The third-order valence-corrected chi connectivity index (χ3v) is 4.56. The van der Waals surface area contributed by atoms with Gasteiger partial charge in [-0.05, 0) is 31.0 Å². The molecule has 0 amide bonds. The molecule has 1 aromatic rings. The second-order valence-corrected chi connectivity index (χ2v) is 5.94. The smallest absolute Gasteiger partial charge is 0.0724 e.